The molecule has 0 unspecified atom stereocenters. The third-order valence-electron chi connectivity index (χ3n) is 1.97. The van der Waals surface area contributed by atoms with Gasteiger partial charge in [-0.1, -0.05) is 17.3 Å². The van der Waals surface area contributed by atoms with Crippen molar-refractivity contribution in [2.45, 2.75) is 0 Å². The average Bonchev–Trinajstić information content (AvgIpc) is 2.60. The van der Waals surface area contributed by atoms with Crippen molar-refractivity contribution in [3.63, 3.8) is 0 Å². The van der Waals surface area contributed by atoms with Crippen molar-refractivity contribution in [1.29, 1.82) is 0 Å². The SMILES string of the molecule is O=C(O)c1c(Br)noc1-c1cccc(O)c1. The molecule has 1 aromatic carbocycles. The lowest BCUT2D eigenvalue weighted by molar-refractivity contribution is 0.0696. The first-order chi connectivity index (χ1) is 7.59. The molecule has 2 rings (SSSR count). The van der Waals surface area contributed by atoms with Gasteiger partial charge in [0.15, 0.2) is 10.4 Å². The fraction of sp³-hybridized carbons (Fsp3) is 0. The highest BCUT2D eigenvalue weighted by Gasteiger charge is 2.22. The Bertz CT molecular complexity index is 550. The van der Waals surface area contributed by atoms with Crippen LogP contribution in [0.1, 0.15) is 10.4 Å². The van der Waals surface area contributed by atoms with Gasteiger partial charge in [0.1, 0.15) is 11.3 Å². The molecule has 1 aromatic heterocycles. The van der Waals surface area contributed by atoms with Crippen LogP contribution in [-0.2, 0) is 0 Å². The third-order valence-corrected chi connectivity index (χ3v) is 2.51. The number of halogens is 1. The van der Waals surface area contributed by atoms with Crippen molar-refractivity contribution in [3.8, 4) is 17.1 Å². The van der Waals surface area contributed by atoms with Crippen molar-refractivity contribution in [3.05, 3.63) is 34.4 Å². The van der Waals surface area contributed by atoms with E-state index in [1.165, 1.54) is 12.1 Å². The van der Waals surface area contributed by atoms with E-state index in [-0.39, 0.29) is 21.7 Å². The molecule has 2 N–H and O–H groups in total. The summed E-state index contributed by atoms with van der Waals surface area (Å²) in [5.74, 6) is -1.01. The summed E-state index contributed by atoms with van der Waals surface area (Å²) in [4.78, 5) is 11.0. The first-order valence-electron chi connectivity index (χ1n) is 4.27. The molecular formula is C10H6BrNO4. The molecule has 0 atom stereocenters. The van der Waals surface area contributed by atoms with E-state index in [2.05, 4.69) is 21.1 Å². The van der Waals surface area contributed by atoms with Gasteiger partial charge in [0.2, 0.25) is 0 Å². The van der Waals surface area contributed by atoms with Crippen LogP contribution in [0.4, 0.5) is 0 Å². The maximum Gasteiger partial charge on any atom is 0.342 e. The summed E-state index contributed by atoms with van der Waals surface area (Å²) in [7, 11) is 0. The Hall–Kier alpha value is -1.82. The van der Waals surface area contributed by atoms with Gasteiger partial charge in [-0.2, -0.15) is 0 Å². The number of benzene rings is 1. The van der Waals surface area contributed by atoms with Crippen LogP contribution in [0.25, 0.3) is 11.3 Å². The number of aromatic nitrogens is 1. The lowest BCUT2D eigenvalue weighted by Gasteiger charge is -1.98. The van der Waals surface area contributed by atoms with E-state index < -0.39 is 5.97 Å². The van der Waals surface area contributed by atoms with Crippen LogP contribution in [0.2, 0.25) is 0 Å². The Balaban J connectivity index is 2.60. The van der Waals surface area contributed by atoms with Crippen LogP contribution in [0.5, 0.6) is 5.75 Å². The molecule has 0 radical (unpaired) electrons. The summed E-state index contributed by atoms with van der Waals surface area (Å²) in [6, 6.07) is 6.10. The van der Waals surface area contributed by atoms with E-state index >= 15 is 0 Å². The number of hydrogen-bond donors (Lipinski definition) is 2. The number of phenols is 1. The van der Waals surface area contributed by atoms with Gasteiger partial charge in [-0.25, -0.2) is 4.79 Å². The number of carbonyl (C=O) groups is 1. The lowest BCUT2D eigenvalue weighted by Crippen LogP contribution is -1.97. The largest absolute Gasteiger partial charge is 0.508 e. The zero-order chi connectivity index (χ0) is 11.7. The second-order valence-electron chi connectivity index (χ2n) is 3.03. The minimum Gasteiger partial charge on any atom is -0.508 e. The number of rotatable bonds is 2. The Labute approximate surface area is 98.4 Å². The molecule has 0 fully saturated rings. The molecule has 0 aliphatic heterocycles. The maximum absolute atomic E-state index is 11.0. The number of aromatic hydroxyl groups is 1. The molecule has 0 spiro atoms. The van der Waals surface area contributed by atoms with E-state index in [9.17, 15) is 9.90 Å². The van der Waals surface area contributed by atoms with Crippen LogP contribution >= 0.6 is 15.9 Å². The summed E-state index contributed by atoms with van der Waals surface area (Å²) in [6.07, 6.45) is 0. The predicted octanol–water partition coefficient (Wildman–Crippen LogP) is 2.51. The van der Waals surface area contributed by atoms with E-state index in [4.69, 9.17) is 9.63 Å². The third kappa shape index (κ3) is 1.79. The van der Waals surface area contributed by atoms with E-state index in [1.54, 1.807) is 12.1 Å². The van der Waals surface area contributed by atoms with Gasteiger partial charge in [-0.05, 0) is 28.1 Å². The van der Waals surface area contributed by atoms with Crippen molar-refractivity contribution in [2.75, 3.05) is 0 Å². The number of carboxylic acid groups (broad SMARTS) is 1. The van der Waals surface area contributed by atoms with E-state index in [1.807, 2.05) is 0 Å². The zero-order valence-electron chi connectivity index (χ0n) is 7.85. The molecule has 2 aromatic rings. The van der Waals surface area contributed by atoms with Crippen molar-refractivity contribution >= 4 is 21.9 Å². The summed E-state index contributed by atoms with van der Waals surface area (Å²) < 4.78 is 5.03. The maximum atomic E-state index is 11.0. The van der Waals surface area contributed by atoms with E-state index in [0.717, 1.165) is 0 Å². The Morgan fingerprint density at radius 3 is 2.81 bits per heavy atom. The monoisotopic (exact) mass is 283 g/mol. The molecule has 16 heavy (non-hydrogen) atoms. The number of nitrogens with zero attached hydrogens (tertiary/aromatic N) is 1. The minimum absolute atomic E-state index is 0.0290. The van der Waals surface area contributed by atoms with Gasteiger partial charge in [-0.3, -0.25) is 0 Å². The van der Waals surface area contributed by atoms with Gasteiger partial charge >= 0.3 is 5.97 Å². The lowest BCUT2D eigenvalue weighted by atomic mass is 10.1. The molecule has 5 nitrogen and oxygen atoms in total. The van der Waals surface area contributed by atoms with Gasteiger partial charge < -0.3 is 14.7 Å². The first kappa shape index (κ1) is 10.7. The standard InChI is InChI=1S/C10H6BrNO4/c11-9-7(10(14)15)8(16-12-9)5-2-1-3-6(13)4-5/h1-4,13H,(H,14,15). The fourth-order valence-corrected chi connectivity index (χ4v) is 1.72. The number of aromatic carboxylic acids is 1. The molecule has 0 saturated heterocycles. The van der Waals surface area contributed by atoms with Gasteiger partial charge in [0.25, 0.3) is 0 Å². The van der Waals surface area contributed by atoms with Gasteiger partial charge in [0, 0.05) is 5.56 Å². The molecule has 6 heteroatoms. The van der Waals surface area contributed by atoms with Crippen LogP contribution in [0, 0.1) is 0 Å². The molecule has 0 bridgehead atoms. The quantitative estimate of drug-likeness (QED) is 0.885. The second kappa shape index (κ2) is 3.97. The zero-order valence-corrected chi connectivity index (χ0v) is 9.43. The fourth-order valence-electron chi connectivity index (χ4n) is 1.30. The smallest absolute Gasteiger partial charge is 0.342 e. The first-order valence-corrected chi connectivity index (χ1v) is 5.06. The van der Waals surface area contributed by atoms with Crippen molar-refractivity contribution in [1.82, 2.24) is 5.16 Å². The van der Waals surface area contributed by atoms with Crippen LogP contribution in [0.3, 0.4) is 0 Å². The summed E-state index contributed by atoms with van der Waals surface area (Å²) in [6.45, 7) is 0. The summed E-state index contributed by atoms with van der Waals surface area (Å²) in [5.41, 5.74) is 0.390. The highest BCUT2D eigenvalue weighted by molar-refractivity contribution is 9.10. The predicted molar refractivity (Wildman–Crippen MR) is 58.3 cm³/mol. The van der Waals surface area contributed by atoms with Crippen LogP contribution < -0.4 is 0 Å². The number of carboxylic acids is 1. The molecule has 0 aliphatic carbocycles. The average molecular weight is 284 g/mol. The molecular weight excluding hydrogens is 278 g/mol. The normalized spacial score (nSPS) is 10.3. The topological polar surface area (TPSA) is 83.6 Å². The molecule has 1 heterocycles. The number of hydrogen-bond acceptors (Lipinski definition) is 4. The Kier molecular flexibility index (Phi) is 2.66. The van der Waals surface area contributed by atoms with Crippen molar-refractivity contribution < 1.29 is 19.5 Å². The highest BCUT2D eigenvalue weighted by Crippen LogP contribution is 2.30. The van der Waals surface area contributed by atoms with Gasteiger partial charge in [-0.15, -0.1) is 0 Å². The summed E-state index contributed by atoms with van der Waals surface area (Å²) >= 11 is 2.99. The van der Waals surface area contributed by atoms with Crippen LogP contribution in [-0.4, -0.2) is 21.3 Å². The minimum atomic E-state index is -1.15. The van der Waals surface area contributed by atoms with Crippen molar-refractivity contribution in [2.24, 2.45) is 0 Å². The second-order valence-corrected chi connectivity index (χ2v) is 3.78. The molecule has 0 saturated carbocycles. The highest BCUT2D eigenvalue weighted by atomic mass is 79.9. The number of phenolic OH excluding ortho intramolecular Hbond substituents is 1. The van der Waals surface area contributed by atoms with Gasteiger partial charge in [0.05, 0.1) is 0 Å². The molecule has 82 valence electrons. The Morgan fingerprint density at radius 1 is 1.44 bits per heavy atom. The van der Waals surface area contributed by atoms with Crippen LogP contribution in [0.15, 0.2) is 33.4 Å². The summed E-state index contributed by atoms with van der Waals surface area (Å²) in [5, 5.41) is 21.8. The molecule has 0 aliphatic rings. The van der Waals surface area contributed by atoms with E-state index in [0.29, 0.717) is 5.56 Å². The molecule has 0 amide bonds. The Morgan fingerprint density at radius 2 is 2.19 bits per heavy atom.